The molecule has 0 aliphatic carbocycles. The minimum absolute atomic E-state index is 0.0126. The van der Waals surface area contributed by atoms with Gasteiger partial charge in [-0.05, 0) is 25.1 Å². The summed E-state index contributed by atoms with van der Waals surface area (Å²) in [6.07, 6.45) is 33.0. The van der Waals surface area contributed by atoms with E-state index in [-0.39, 0.29) is 5.69 Å². The predicted octanol–water partition coefficient (Wildman–Crippen LogP) is 9.74. The average Bonchev–Trinajstić information content (AvgIpc) is 2.82. The summed E-state index contributed by atoms with van der Waals surface area (Å²) in [4.78, 5) is 14.2. The lowest BCUT2D eigenvalue weighted by Crippen LogP contribution is -1.93. The minimum Gasteiger partial charge on any atom is -0.347 e. The van der Waals surface area contributed by atoms with E-state index in [1.165, 1.54) is 134 Å². The van der Waals surface area contributed by atoms with Gasteiger partial charge in [0.25, 0.3) is 5.69 Å². The Balaban J connectivity index is 1.77. The van der Waals surface area contributed by atoms with Gasteiger partial charge in [-0.2, -0.15) is 0 Å². The van der Waals surface area contributed by atoms with Crippen LogP contribution in [0.15, 0.2) is 30.6 Å². The summed E-state index contributed by atoms with van der Waals surface area (Å²) in [5.41, 5.74) is 0.0126. The molecule has 33 heavy (non-hydrogen) atoms. The van der Waals surface area contributed by atoms with Crippen molar-refractivity contribution in [3.05, 3.63) is 40.7 Å². The number of aromatic nitrogens is 1. The summed E-state index contributed by atoms with van der Waals surface area (Å²) in [5, 5.41) is 13.7. The number of nitrogens with one attached hydrogen (secondary N) is 1. The van der Waals surface area contributed by atoms with Gasteiger partial charge in [0.1, 0.15) is 12.0 Å². The normalized spacial score (nSPS) is 11.3. The number of nitro groups is 1. The Hall–Kier alpha value is -1.91. The summed E-state index contributed by atoms with van der Waals surface area (Å²) >= 11 is 0. The first-order valence-electron chi connectivity index (χ1n) is 13.8. The van der Waals surface area contributed by atoms with Crippen LogP contribution in [0.1, 0.15) is 135 Å². The lowest BCUT2D eigenvalue weighted by Gasteiger charge is -2.04. The molecule has 0 unspecified atom stereocenters. The summed E-state index contributed by atoms with van der Waals surface area (Å²) in [7, 11) is 0. The average molecular weight is 460 g/mol. The van der Waals surface area contributed by atoms with Gasteiger partial charge in [0.2, 0.25) is 0 Å². The van der Waals surface area contributed by atoms with E-state index in [1.54, 1.807) is 6.07 Å². The highest BCUT2D eigenvalue weighted by molar-refractivity contribution is 5.41. The van der Waals surface area contributed by atoms with Gasteiger partial charge in [-0.3, -0.25) is 10.1 Å². The molecule has 0 aliphatic rings. The second-order valence-corrected chi connectivity index (χ2v) is 9.36. The van der Waals surface area contributed by atoms with Crippen LogP contribution in [-0.2, 0) is 0 Å². The molecule has 1 heterocycles. The molecule has 1 aromatic rings. The number of nitrogens with zero attached hydrogens (tertiary/aromatic N) is 2. The largest absolute Gasteiger partial charge is 0.347 e. The molecule has 0 radical (unpaired) electrons. The predicted molar refractivity (Wildman–Crippen MR) is 142 cm³/mol. The van der Waals surface area contributed by atoms with E-state index in [9.17, 15) is 10.1 Å². The van der Waals surface area contributed by atoms with Crippen molar-refractivity contribution >= 4 is 11.5 Å². The molecule has 0 amide bonds. The third kappa shape index (κ3) is 18.2. The topological polar surface area (TPSA) is 68.1 Å². The van der Waals surface area contributed by atoms with Gasteiger partial charge in [-0.25, -0.2) is 4.98 Å². The lowest BCUT2D eigenvalue weighted by atomic mass is 10.0. The van der Waals surface area contributed by atoms with Crippen LogP contribution in [0, 0.1) is 10.1 Å². The van der Waals surface area contributed by atoms with E-state index < -0.39 is 4.92 Å². The number of unbranched alkanes of at least 4 members (excludes halogenated alkanes) is 19. The second-order valence-electron chi connectivity index (χ2n) is 9.36. The molecule has 188 valence electrons. The van der Waals surface area contributed by atoms with Crippen LogP contribution in [0.4, 0.5) is 11.5 Å². The van der Waals surface area contributed by atoms with Gasteiger partial charge in [0.05, 0.1) is 4.92 Å². The third-order valence-corrected chi connectivity index (χ3v) is 6.28. The van der Waals surface area contributed by atoms with Gasteiger partial charge in [0, 0.05) is 6.07 Å². The molecule has 0 fully saturated rings. The standard InChI is InChI=1S/C28H49N3O2/c1-2-3-4-5-6-7-8-9-10-11-12-13-14-15-16-17-18-19-20-21-22-25-29-28-24-23-27(26-30-28)31(32)33/h22-26H,2-21H2,1H3,(H,29,30)/b25-22+. The van der Waals surface area contributed by atoms with Gasteiger partial charge in [-0.1, -0.05) is 129 Å². The van der Waals surface area contributed by atoms with Gasteiger partial charge in [-0.15, -0.1) is 0 Å². The molecule has 0 spiro atoms. The van der Waals surface area contributed by atoms with Crippen molar-refractivity contribution in [2.24, 2.45) is 0 Å². The molecule has 0 bridgehead atoms. The van der Waals surface area contributed by atoms with Crippen molar-refractivity contribution in [2.75, 3.05) is 5.32 Å². The molecule has 1 aromatic heterocycles. The molecular weight excluding hydrogens is 410 g/mol. The van der Waals surface area contributed by atoms with Crippen LogP contribution in [0.25, 0.3) is 0 Å². The summed E-state index contributed by atoms with van der Waals surface area (Å²) < 4.78 is 0. The van der Waals surface area contributed by atoms with E-state index in [2.05, 4.69) is 23.3 Å². The van der Waals surface area contributed by atoms with Crippen LogP contribution in [-0.4, -0.2) is 9.91 Å². The first kappa shape index (κ1) is 29.1. The monoisotopic (exact) mass is 459 g/mol. The number of rotatable bonds is 23. The lowest BCUT2D eigenvalue weighted by molar-refractivity contribution is -0.385. The fourth-order valence-electron chi connectivity index (χ4n) is 4.15. The Kier molecular flexibility index (Phi) is 19.3. The van der Waals surface area contributed by atoms with Crippen LogP contribution in [0.2, 0.25) is 0 Å². The number of allylic oxidation sites excluding steroid dienone is 1. The van der Waals surface area contributed by atoms with Crippen LogP contribution < -0.4 is 5.32 Å². The maximum absolute atomic E-state index is 10.6. The zero-order valence-electron chi connectivity index (χ0n) is 21.2. The van der Waals surface area contributed by atoms with E-state index in [0.29, 0.717) is 5.82 Å². The molecule has 5 nitrogen and oxygen atoms in total. The zero-order chi connectivity index (χ0) is 23.8. The highest BCUT2D eigenvalue weighted by Gasteiger charge is 2.03. The van der Waals surface area contributed by atoms with Gasteiger partial charge in [0.15, 0.2) is 0 Å². The Morgan fingerprint density at radius 3 is 1.61 bits per heavy atom. The summed E-state index contributed by atoms with van der Waals surface area (Å²) in [6.45, 7) is 2.29. The molecule has 0 atom stereocenters. The molecular formula is C28H49N3O2. The second kappa shape index (κ2) is 21.9. The van der Waals surface area contributed by atoms with Crippen molar-refractivity contribution in [1.82, 2.24) is 4.98 Å². The van der Waals surface area contributed by atoms with Crippen LogP contribution in [0.5, 0.6) is 0 Å². The van der Waals surface area contributed by atoms with Crippen LogP contribution in [0.3, 0.4) is 0 Å². The Morgan fingerprint density at radius 2 is 1.21 bits per heavy atom. The Labute approximate surface area is 203 Å². The van der Waals surface area contributed by atoms with Crippen LogP contribution >= 0.6 is 0 Å². The summed E-state index contributed by atoms with van der Waals surface area (Å²) in [6, 6.07) is 3.08. The number of hydrogen-bond acceptors (Lipinski definition) is 4. The molecule has 1 N–H and O–H groups in total. The highest BCUT2D eigenvalue weighted by atomic mass is 16.6. The minimum atomic E-state index is -0.439. The molecule has 0 saturated carbocycles. The molecule has 0 aliphatic heterocycles. The van der Waals surface area contributed by atoms with E-state index >= 15 is 0 Å². The number of hydrogen-bond donors (Lipinski definition) is 1. The smallest absolute Gasteiger partial charge is 0.287 e. The molecule has 5 heteroatoms. The van der Waals surface area contributed by atoms with Crippen molar-refractivity contribution < 1.29 is 4.92 Å². The number of anilines is 1. The van der Waals surface area contributed by atoms with Gasteiger partial charge >= 0.3 is 0 Å². The zero-order valence-corrected chi connectivity index (χ0v) is 21.2. The molecule has 0 saturated heterocycles. The number of pyridine rings is 1. The van der Waals surface area contributed by atoms with Crippen molar-refractivity contribution in [3.63, 3.8) is 0 Å². The van der Waals surface area contributed by atoms with E-state index in [4.69, 9.17) is 0 Å². The quantitative estimate of drug-likeness (QED) is 0.100. The van der Waals surface area contributed by atoms with E-state index in [0.717, 1.165) is 6.42 Å². The maximum Gasteiger partial charge on any atom is 0.287 e. The first-order chi connectivity index (χ1) is 16.2. The fraction of sp³-hybridized carbons (Fsp3) is 0.750. The molecule has 1 rings (SSSR count). The Morgan fingerprint density at radius 1 is 0.758 bits per heavy atom. The third-order valence-electron chi connectivity index (χ3n) is 6.28. The summed E-state index contributed by atoms with van der Waals surface area (Å²) in [5.74, 6) is 0.630. The fourth-order valence-corrected chi connectivity index (χ4v) is 4.15. The first-order valence-corrected chi connectivity index (χ1v) is 13.8. The molecule has 0 aromatic carbocycles. The van der Waals surface area contributed by atoms with Gasteiger partial charge < -0.3 is 5.32 Å². The van der Waals surface area contributed by atoms with E-state index in [1.807, 2.05) is 6.20 Å². The highest BCUT2D eigenvalue weighted by Crippen LogP contribution is 2.15. The van der Waals surface area contributed by atoms with Crippen molar-refractivity contribution in [3.8, 4) is 0 Å². The SMILES string of the molecule is CCCCCCCCCCCCCCCCCCCCC/C=C/Nc1ccc([N+](=O)[O-])cn1. The van der Waals surface area contributed by atoms with Crippen molar-refractivity contribution in [2.45, 2.75) is 135 Å². The van der Waals surface area contributed by atoms with Crippen molar-refractivity contribution in [1.29, 1.82) is 0 Å². The Bertz CT molecular complexity index is 602. The maximum atomic E-state index is 10.6.